The third-order valence-electron chi connectivity index (χ3n) is 4.71. The van der Waals surface area contributed by atoms with Gasteiger partial charge in [0.05, 0.1) is 17.1 Å². The highest BCUT2D eigenvalue weighted by atomic mass is 35.5. The van der Waals surface area contributed by atoms with Crippen molar-refractivity contribution in [2.45, 2.75) is 25.7 Å². The van der Waals surface area contributed by atoms with Crippen LogP contribution in [0.2, 0.25) is 5.02 Å². The number of rotatable bonds is 6. The van der Waals surface area contributed by atoms with Gasteiger partial charge in [-0.1, -0.05) is 35.4 Å². The number of aromatic nitrogens is 2. The quantitative estimate of drug-likeness (QED) is 0.623. The molecule has 7 nitrogen and oxygen atoms in total. The SMILES string of the molecule is Cc1ccc(N(CC(=O)Nc2cccc(Cl)c2)S(=O)(=O)c2c(C)nn(C)c2C)cc1. The summed E-state index contributed by atoms with van der Waals surface area (Å²) in [6.07, 6.45) is 0. The fourth-order valence-electron chi connectivity index (χ4n) is 3.16. The summed E-state index contributed by atoms with van der Waals surface area (Å²) in [5.41, 5.74) is 2.74. The van der Waals surface area contributed by atoms with Crippen molar-refractivity contribution in [3.8, 4) is 0 Å². The van der Waals surface area contributed by atoms with Crippen LogP contribution in [0.1, 0.15) is 17.0 Å². The van der Waals surface area contributed by atoms with Crippen LogP contribution in [-0.2, 0) is 21.9 Å². The van der Waals surface area contributed by atoms with Crippen LogP contribution in [0.3, 0.4) is 0 Å². The van der Waals surface area contributed by atoms with Crippen LogP contribution >= 0.6 is 11.6 Å². The van der Waals surface area contributed by atoms with Gasteiger partial charge in [0.1, 0.15) is 11.4 Å². The number of nitrogens with one attached hydrogen (secondary N) is 1. The zero-order valence-electron chi connectivity index (χ0n) is 17.2. The second-order valence-corrected chi connectivity index (χ2v) is 9.26. The first-order chi connectivity index (χ1) is 14.1. The fourth-order valence-corrected chi connectivity index (χ4v) is 5.18. The second-order valence-electron chi connectivity index (χ2n) is 7.03. The number of sulfonamides is 1. The number of halogens is 1. The Labute approximate surface area is 181 Å². The molecule has 9 heteroatoms. The predicted molar refractivity (Wildman–Crippen MR) is 118 cm³/mol. The molecule has 0 saturated carbocycles. The molecule has 0 bridgehead atoms. The van der Waals surface area contributed by atoms with E-state index >= 15 is 0 Å². The summed E-state index contributed by atoms with van der Waals surface area (Å²) in [6, 6.07) is 13.6. The van der Waals surface area contributed by atoms with Crippen molar-refractivity contribution in [3.63, 3.8) is 0 Å². The molecule has 0 saturated heterocycles. The van der Waals surface area contributed by atoms with Gasteiger partial charge in [-0.15, -0.1) is 0 Å². The molecular weight excluding hydrogens is 424 g/mol. The normalized spacial score (nSPS) is 11.4. The number of amides is 1. The van der Waals surface area contributed by atoms with E-state index < -0.39 is 22.5 Å². The fraction of sp³-hybridized carbons (Fsp3) is 0.238. The molecule has 2 aromatic carbocycles. The Morgan fingerprint density at radius 2 is 1.80 bits per heavy atom. The van der Waals surface area contributed by atoms with E-state index in [1.54, 1.807) is 69.4 Å². The van der Waals surface area contributed by atoms with E-state index in [2.05, 4.69) is 10.4 Å². The van der Waals surface area contributed by atoms with Crippen LogP contribution < -0.4 is 9.62 Å². The highest BCUT2D eigenvalue weighted by Gasteiger charge is 2.32. The van der Waals surface area contributed by atoms with Crippen LogP contribution in [-0.4, -0.2) is 30.7 Å². The molecule has 1 aromatic heterocycles. The van der Waals surface area contributed by atoms with Gasteiger partial charge in [-0.25, -0.2) is 8.42 Å². The highest BCUT2D eigenvalue weighted by molar-refractivity contribution is 7.93. The lowest BCUT2D eigenvalue weighted by Crippen LogP contribution is -2.38. The molecule has 0 atom stereocenters. The molecule has 3 aromatic rings. The van der Waals surface area contributed by atoms with Crippen molar-refractivity contribution in [2.75, 3.05) is 16.2 Å². The molecule has 0 aliphatic rings. The minimum absolute atomic E-state index is 0.0983. The van der Waals surface area contributed by atoms with Crippen LogP contribution in [0.5, 0.6) is 0 Å². The van der Waals surface area contributed by atoms with Crippen molar-refractivity contribution in [1.82, 2.24) is 9.78 Å². The summed E-state index contributed by atoms with van der Waals surface area (Å²) in [7, 11) is -2.36. The van der Waals surface area contributed by atoms with Gasteiger partial charge < -0.3 is 5.32 Å². The Bertz CT molecular complexity index is 1190. The van der Waals surface area contributed by atoms with E-state index in [4.69, 9.17) is 11.6 Å². The molecule has 1 amide bonds. The summed E-state index contributed by atoms with van der Waals surface area (Å²) in [4.78, 5) is 12.8. The lowest BCUT2D eigenvalue weighted by Gasteiger charge is -2.24. The Kier molecular flexibility index (Phi) is 6.19. The maximum absolute atomic E-state index is 13.6. The maximum atomic E-state index is 13.6. The summed E-state index contributed by atoms with van der Waals surface area (Å²) in [5.74, 6) is -0.486. The van der Waals surface area contributed by atoms with Crippen LogP contribution in [0, 0.1) is 20.8 Å². The van der Waals surface area contributed by atoms with E-state index in [9.17, 15) is 13.2 Å². The van der Waals surface area contributed by atoms with Gasteiger partial charge in [-0.3, -0.25) is 13.8 Å². The molecule has 1 N–H and O–H groups in total. The standard InChI is InChI=1S/C21H23ClN4O3S/c1-14-8-10-19(11-9-14)26(13-20(27)23-18-7-5-6-17(22)12-18)30(28,29)21-15(2)24-25(4)16(21)3/h5-12H,13H2,1-4H3,(H,23,27). The van der Waals surface area contributed by atoms with Gasteiger partial charge >= 0.3 is 0 Å². The first-order valence-corrected chi connectivity index (χ1v) is 11.1. The number of anilines is 2. The van der Waals surface area contributed by atoms with Gasteiger partial charge in [0, 0.05) is 17.8 Å². The van der Waals surface area contributed by atoms with Crippen LogP contribution in [0.25, 0.3) is 0 Å². The molecule has 0 spiro atoms. The third kappa shape index (κ3) is 4.49. The Morgan fingerprint density at radius 3 is 2.37 bits per heavy atom. The molecule has 0 aliphatic carbocycles. The highest BCUT2D eigenvalue weighted by Crippen LogP contribution is 2.28. The van der Waals surface area contributed by atoms with Gasteiger partial charge in [-0.2, -0.15) is 5.10 Å². The van der Waals surface area contributed by atoms with Crippen molar-refractivity contribution in [2.24, 2.45) is 7.05 Å². The van der Waals surface area contributed by atoms with Gasteiger partial charge in [0.25, 0.3) is 10.0 Å². The Hall–Kier alpha value is -2.84. The predicted octanol–water partition coefficient (Wildman–Crippen LogP) is 3.83. The van der Waals surface area contributed by atoms with Crippen molar-refractivity contribution >= 4 is 38.9 Å². The molecule has 3 rings (SSSR count). The van der Waals surface area contributed by atoms with Crippen LogP contribution in [0.15, 0.2) is 53.4 Å². The van der Waals surface area contributed by atoms with E-state index in [1.165, 1.54) is 4.68 Å². The monoisotopic (exact) mass is 446 g/mol. The third-order valence-corrected chi connectivity index (χ3v) is 6.97. The number of carbonyl (C=O) groups is 1. The zero-order valence-corrected chi connectivity index (χ0v) is 18.8. The molecule has 158 valence electrons. The number of nitrogens with zero attached hydrogens (tertiary/aromatic N) is 3. The molecule has 0 aliphatic heterocycles. The minimum atomic E-state index is -4.04. The lowest BCUT2D eigenvalue weighted by atomic mass is 10.2. The summed E-state index contributed by atoms with van der Waals surface area (Å²) < 4.78 is 29.8. The number of hydrogen-bond donors (Lipinski definition) is 1. The molecular formula is C21H23ClN4O3S. The molecule has 0 unspecified atom stereocenters. The number of hydrogen-bond acceptors (Lipinski definition) is 4. The largest absolute Gasteiger partial charge is 0.324 e. The van der Waals surface area contributed by atoms with Gasteiger partial charge in [0.2, 0.25) is 5.91 Å². The van der Waals surface area contributed by atoms with Crippen molar-refractivity contribution < 1.29 is 13.2 Å². The smallest absolute Gasteiger partial charge is 0.268 e. The molecule has 30 heavy (non-hydrogen) atoms. The Balaban J connectivity index is 2.00. The van der Waals surface area contributed by atoms with Crippen molar-refractivity contribution in [3.05, 3.63) is 70.5 Å². The summed E-state index contributed by atoms with van der Waals surface area (Å²) >= 11 is 5.97. The van der Waals surface area contributed by atoms with Crippen molar-refractivity contribution in [1.29, 1.82) is 0 Å². The number of carbonyl (C=O) groups excluding carboxylic acids is 1. The first-order valence-electron chi connectivity index (χ1n) is 9.24. The van der Waals surface area contributed by atoms with E-state index in [-0.39, 0.29) is 4.90 Å². The maximum Gasteiger partial charge on any atom is 0.268 e. The zero-order chi connectivity index (χ0) is 22.1. The first kappa shape index (κ1) is 21.9. The van der Waals surface area contributed by atoms with Crippen LogP contribution in [0.4, 0.5) is 11.4 Å². The average Bonchev–Trinajstić information content (AvgIpc) is 2.93. The topological polar surface area (TPSA) is 84.3 Å². The molecule has 1 heterocycles. The summed E-state index contributed by atoms with van der Waals surface area (Å²) in [5, 5.41) is 7.39. The minimum Gasteiger partial charge on any atom is -0.324 e. The van der Waals surface area contributed by atoms with Gasteiger partial charge in [0.15, 0.2) is 0 Å². The Morgan fingerprint density at radius 1 is 1.13 bits per heavy atom. The number of aryl methyl sites for hydroxylation is 3. The van der Waals surface area contributed by atoms with Gasteiger partial charge in [-0.05, 0) is 51.1 Å². The number of benzene rings is 2. The average molecular weight is 447 g/mol. The lowest BCUT2D eigenvalue weighted by molar-refractivity contribution is -0.114. The molecule has 0 fully saturated rings. The van der Waals surface area contributed by atoms with E-state index in [0.717, 1.165) is 9.87 Å². The second kappa shape index (κ2) is 8.49. The molecule has 0 radical (unpaired) electrons. The summed E-state index contributed by atoms with van der Waals surface area (Å²) in [6.45, 7) is 4.83. The van der Waals surface area contributed by atoms with E-state index in [1.807, 2.05) is 6.92 Å². The van der Waals surface area contributed by atoms with E-state index in [0.29, 0.717) is 27.8 Å².